The number of hydrogen-bond acceptors (Lipinski definition) is 0. The Morgan fingerprint density at radius 2 is 0.750 bits per heavy atom. The van der Waals surface area contributed by atoms with Crippen LogP contribution in [0.2, 0.25) is 0 Å². The minimum absolute atomic E-state index is 1.13. The van der Waals surface area contributed by atoms with Crippen LogP contribution in [0, 0.1) is 0 Å². The average molecular weight is 279 g/mol. The van der Waals surface area contributed by atoms with Crippen molar-refractivity contribution in [2.45, 2.75) is 69.2 Å². The monoisotopic (exact) mass is 278 g/mol. The maximum absolute atomic E-state index is 3.81. The van der Waals surface area contributed by atoms with Gasteiger partial charge in [0, 0.05) is 0 Å². The molecule has 0 radical (unpaired) electrons. The van der Waals surface area contributed by atoms with E-state index in [-0.39, 0.29) is 0 Å². The largest absolute Gasteiger partial charge is 0.0984 e. The summed E-state index contributed by atoms with van der Waals surface area (Å²) in [5, 5.41) is 0. The smallest absolute Gasteiger partial charge is 0.0191 e. The molecule has 0 aromatic heterocycles. The van der Waals surface area contributed by atoms with Gasteiger partial charge in [-0.3, -0.25) is 0 Å². The van der Waals surface area contributed by atoms with Crippen LogP contribution in [0.1, 0.15) is 69.2 Å². The minimum atomic E-state index is 1.13. The summed E-state index contributed by atoms with van der Waals surface area (Å²) in [5.41, 5.74) is 4.78. The molecule has 0 aromatic carbocycles. The summed E-state index contributed by atoms with van der Waals surface area (Å²) >= 11 is 0. The highest BCUT2D eigenvalue weighted by molar-refractivity contribution is 5.46. The van der Waals surface area contributed by atoms with E-state index in [2.05, 4.69) is 53.0 Å². The number of rotatable bonds is 4. The van der Waals surface area contributed by atoms with Gasteiger partial charge in [0.2, 0.25) is 0 Å². The summed E-state index contributed by atoms with van der Waals surface area (Å²) in [5.74, 6) is 0. The molecule has 0 heterocycles. The number of allylic oxidation sites excluding steroid dienone is 8. The third-order valence-corrected chi connectivity index (χ3v) is 1.66. The minimum Gasteiger partial charge on any atom is -0.0984 e. The van der Waals surface area contributed by atoms with Crippen molar-refractivity contribution in [1.29, 1.82) is 0 Å². The average Bonchev–Trinajstić information content (AvgIpc) is 2.48. The van der Waals surface area contributed by atoms with Gasteiger partial charge in [0.15, 0.2) is 0 Å². The molecule has 0 fully saturated rings. The summed E-state index contributed by atoms with van der Waals surface area (Å²) in [6, 6.07) is 0. The van der Waals surface area contributed by atoms with Crippen LogP contribution >= 0.6 is 0 Å². The quantitative estimate of drug-likeness (QED) is 0.463. The predicted molar refractivity (Wildman–Crippen MR) is 100 cm³/mol. The molecule has 0 nitrogen and oxygen atoms in total. The van der Waals surface area contributed by atoms with Crippen molar-refractivity contribution in [3.8, 4) is 0 Å². The van der Waals surface area contributed by atoms with Crippen molar-refractivity contribution in [3.63, 3.8) is 0 Å². The molecule has 0 aliphatic rings. The molecular weight excluding hydrogens is 240 g/mol. The van der Waals surface area contributed by atoms with Crippen molar-refractivity contribution in [3.05, 3.63) is 59.8 Å². The molecular formula is C20H38. The predicted octanol–water partition coefficient (Wildman–Crippen LogP) is 7.67. The molecule has 0 heteroatoms. The maximum atomic E-state index is 3.81. The van der Waals surface area contributed by atoms with Crippen LogP contribution in [0.4, 0.5) is 0 Å². The van der Waals surface area contributed by atoms with Crippen molar-refractivity contribution in [1.82, 2.24) is 0 Å². The molecule has 0 spiro atoms. The van der Waals surface area contributed by atoms with Crippen molar-refractivity contribution in [2.75, 3.05) is 0 Å². The lowest BCUT2D eigenvalue weighted by Crippen LogP contribution is -1.82. The first kappa shape index (κ1) is 27.1. The third-order valence-electron chi connectivity index (χ3n) is 1.66. The van der Waals surface area contributed by atoms with Gasteiger partial charge in [-0.15, -0.1) is 0 Å². The Hall–Kier alpha value is -1.30. The zero-order chi connectivity index (χ0) is 17.1. The van der Waals surface area contributed by atoms with Gasteiger partial charge in [0.05, 0.1) is 0 Å². The summed E-state index contributed by atoms with van der Waals surface area (Å²) in [7, 11) is 0. The normalized spacial score (nSPS) is 8.70. The lowest BCUT2D eigenvalue weighted by atomic mass is 10.0. The highest BCUT2D eigenvalue weighted by Crippen LogP contribution is 2.14. The second kappa shape index (κ2) is 22.8. The molecule has 0 saturated heterocycles. The SMILES string of the molecule is C=C/C(C=C(C)C)=C(/C=C)C=C(C)C.CC.CC.CC. The first-order chi connectivity index (χ1) is 9.51. The fraction of sp³-hybridized carbons (Fsp3) is 0.500. The standard InChI is InChI=1S/C14H20.3C2H6/c1-7-13(9-11(3)4)14(8-2)10-12(5)6;3*1-2/h7-10H,1-2H2,3-6H3;3*1-2H3/b14-13+;;;. The maximum Gasteiger partial charge on any atom is -0.0191 e. The fourth-order valence-electron chi connectivity index (χ4n) is 1.14. The molecule has 0 amide bonds. The van der Waals surface area contributed by atoms with E-state index in [1.54, 1.807) is 0 Å². The first-order valence-corrected chi connectivity index (χ1v) is 7.80. The summed E-state index contributed by atoms with van der Waals surface area (Å²) in [6.45, 7) is 27.9. The molecule has 0 bridgehead atoms. The lowest BCUT2D eigenvalue weighted by molar-refractivity contribution is 1.34. The molecule has 0 N–H and O–H groups in total. The molecule has 0 unspecified atom stereocenters. The summed E-state index contributed by atoms with van der Waals surface area (Å²) in [6.07, 6.45) is 7.96. The molecule has 20 heavy (non-hydrogen) atoms. The van der Waals surface area contributed by atoms with Gasteiger partial charge in [-0.25, -0.2) is 0 Å². The molecule has 118 valence electrons. The van der Waals surface area contributed by atoms with E-state index in [9.17, 15) is 0 Å². The Balaban J connectivity index is -0.000000187. The van der Waals surface area contributed by atoms with E-state index >= 15 is 0 Å². The van der Waals surface area contributed by atoms with Crippen LogP contribution in [0.15, 0.2) is 59.8 Å². The van der Waals surface area contributed by atoms with Gasteiger partial charge in [0.25, 0.3) is 0 Å². The Morgan fingerprint density at radius 3 is 0.850 bits per heavy atom. The van der Waals surface area contributed by atoms with Crippen LogP contribution in [-0.4, -0.2) is 0 Å². The second-order valence-electron chi connectivity index (χ2n) is 3.76. The van der Waals surface area contributed by atoms with E-state index in [4.69, 9.17) is 0 Å². The molecule has 0 aliphatic carbocycles. The van der Waals surface area contributed by atoms with E-state index in [1.165, 1.54) is 11.1 Å². The zero-order valence-electron chi connectivity index (χ0n) is 15.7. The van der Waals surface area contributed by atoms with Crippen LogP contribution in [0.3, 0.4) is 0 Å². The van der Waals surface area contributed by atoms with E-state index < -0.39 is 0 Å². The Kier molecular flexibility index (Phi) is 31.0. The van der Waals surface area contributed by atoms with Gasteiger partial charge >= 0.3 is 0 Å². The third kappa shape index (κ3) is 19.0. The van der Waals surface area contributed by atoms with Gasteiger partial charge in [-0.2, -0.15) is 0 Å². The highest BCUT2D eigenvalue weighted by Gasteiger charge is 1.94. The van der Waals surface area contributed by atoms with Gasteiger partial charge < -0.3 is 0 Å². The van der Waals surface area contributed by atoms with Gasteiger partial charge in [-0.05, 0) is 38.8 Å². The van der Waals surface area contributed by atoms with E-state index in [0.717, 1.165) is 11.1 Å². The molecule has 0 aliphatic heterocycles. The zero-order valence-corrected chi connectivity index (χ0v) is 15.7. The Labute approximate surface area is 129 Å². The highest BCUT2D eigenvalue weighted by atomic mass is 14.0. The Morgan fingerprint density at radius 1 is 0.550 bits per heavy atom. The first-order valence-electron chi connectivity index (χ1n) is 7.80. The van der Waals surface area contributed by atoms with Crippen molar-refractivity contribution < 1.29 is 0 Å². The molecule has 0 atom stereocenters. The topological polar surface area (TPSA) is 0 Å². The summed E-state index contributed by atoms with van der Waals surface area (Å²) < 4.78 is 0. The van der Waals surface area contributed by atoms with Crippen LogP contribution in [0.5, 0.6) is 0 Å². The summed E-state index contributed by atoms with van der Waals surface area (Å²) in [4.78, 5) is 0. The van der Waals surface area contributed by atoms with Gasteiger partial charge in [-0.1, -0.05) is 90.2 Å². The van der Waals surface area contributed by atoms with Crippen LogP contribution in [-0.2, 0) is 0 Å². The van der Waals surface area contributed by atoms with E-state index in [0.29, 0.717) is 0 Å². The molecule has 0 rings (SSSR count). The number of hydrogen-bond donors (Lipinski definition) is 0. The molecule has 0 saturated carbocycles. The van der Waals surface area contributed by atoms with Crippen molar-refractivity contribution in [2.24, 2.45) is 0 Å². The Bertz CT molecular complexity index is 269. The van der Waals surface area contributed by atoms with Gasteiger partial charge in [0.1, 0.15) is 0 Å². The fourth-order valence-corrected chi connectivity index (χ4v) is 1.14. The second-order valence-corrected chi connectivity index (χ2v) is 3.76. The van der Waals surface area contributed by atoms with Crippen LogP contribution in [0.25, 0.3) is 0 Å². The van der Waals surface area contributed by atoms with E-state index in [1.807, 2.05) is 53.7 Å². The van der Waals surface area contributed by atoms with Crippen LogP contribution < -0.4 is 0 Å². The lowest BCUT2D eigenvalue weighted by Gasteiger charge is -2.02. The molecule has 0 aromatic rings. The van der Waals surface area contributed by atoms with Crippen molar-refractivity contribution >= 4 is 0 Å².